The van der Waals surface area contributed by atoms with E-state index in [1.165, 1.54) is 5.56 Å². The van der Waals surface area contributed by atoms with Crippen molar-refractivity contribution in [2.45, 2.75) is 38.7 Å². The minimum absolute atomic E-state index is 0.349. The molecular weight excluding hydrogens is 348 g/mol. The number of piperidine rings is 1. The van der Waals surface area contributed by atoms with Gasteiger partial charge < -0.3 is 15.3 Å². The van der Waals surface area contributed by atoms with E-state index in [-0.39, 0.29) is 0 Å². The zero-order valence-corrected chi connectivity index (χ0v) is 17.0. The maximum atomic E-state index is 10.4. The minimum atomic E-state index is -0.611. The number of hydrogen-bond acceptors (Lipinski definition) is 3. The average Bonchev–Trinajstić information content (AvgIpc) is 2.77. The Kier molecular flexibility index (Phi) is 7.43. The highest BCUT2D eigenvalue weighted by Crippen LogP contribution is 2.34. The van der Waals surface area contributed by atoms with Gasteiger partial charge in [-0.05, 0) is 48.4 Å². The molecule has 28 heavy (non-hydrogen) atoms. The summed E-state index contributed by atoms with van der Waals surface area (Å²) in [4.78, 5) is 11.1. The summed E-state index contributed by atoms with van der Waals surface area (Å²) < 4.78 is 0. The van der Waals surface area contributed by atoms with Crippen LogP contribution in [0.2, 0.25) is 0 Å². The Hall–Kier alpha value is -2.40. The van der Waals surface area contributed by atoms with Crippen LogP contribution in [0.5, 0.6) is 0 Å². The summed E-state index contributed by atoms with van der Waals surface area (Å²) in [5.41, 5.74) is 2.30. The van der Waals surface area contributed by atoms with Crippen LogP contribution in [0.4, 0.5) is 0 Å². The van der Waals surface area contributed by atoms with Crippen LogP contribution in [0.3, 0.4) is 0 Å². The van der Waals surface area contributed by atoms with E-state index in [2.05, 4.69) is 59.4 Å². The number of benzene rings is 1. The van der Waals surface area contributed by atoms with Crippen molar-refractivity contribution >= 4 is 5.96 Å². The van der Waals surface area contributed by atoms with Gasteiger partial charge in [-0.3, -0.25) is 9.98 Å². The molecule has 2 aromatic rings. The quantitative estimate of drug-likeness (QED) is 0.594. The SMILES string of the molecule is CCNC(=NCC(O)c1ccncc1)N1CCC(c2ccccc2)C(CC)C1. The van der Waals surface area contributed by atoms with Crippen molar-refractivity contribution in [3.8, 4) is 0 Å². The van der Waals surface area contributed by atoms with Gasteiger partial charge >= 0.3 is 0 Å². The highest BCUT2D eigenvalue weighted by Gasteiger charge is 2.30. The second-order valence-electron chi connectivity index (χ2n) is 7.41. The van der Waals surface area contributed by atoms with Crippen LogP contribution in [0.25, 0.3) is 0 Å². The molecule has 3 rings (SSSR count). The van der Waals surface area contributed by atoms with Crippen LogP contribution in [-0.2, 0) is 0 Å². The number of likely N-dealkylation sites (tertiary alicyclic amines) is 1. The fourth-order valence-electron chi connectivity index (χ4n) is 4.07. The van der Waals surface area contributed by atoms with Crippen molar-refractivity contribution in [1.29, 1.82) is 0 Å². The first kappa shape index (κ1) is 20.3. The van der Waals surface area contributed by atoms with Crippen LogP contribution >= 0.6 is 0 Å². The first-order chi connectivity index (χ1) is 13.7. The Labute approximate surface area is 168 Å². The fraction of sp³-hybridized carbons (Fsp3) is 0.478. The highest BCUT2D eigenvalue weighted by atomic mass is 16.3. The zero-order valence-electron chi connectivity index (χ0n) is 17.0. The molecule has 1 aromatic heterocycles. The lowest BCUT2D eigenvalue weighted by Crippen LogP contribution is -2.48. The monoisotopic (exact) mass is 380 g/mol. The first-order valence-electron chi connectivity index (χ1n) is 10.4. The Morgan fingerprint density at radius 3 is 2.64 bits per heavy atom. The van der Waals surface area contributed by atoms with Gasteiger partial charge in [0.05, 0.1) is 12.6 Å². The summed E-state index contributed by atoms with van der Waals surface area (Å²) in [6, 6.07) is 14.6. The summed E-state index contributed by atoms with van der Waals surface area (Å²) in [5, 5.41) is 13.9. The number of pyridine rings is 1. The number of aromatic nitrogens is 1. The molecular formula is C23H32N4O. The highest BCUT2D eigenvalue weighted by molar-refractivity contribution is 5.80. The predicted molar refractivity (Wildman–Crippen MR) is 114 cm³/mol. The van der Waals surface area contributed by atoms with E-state index >= 15 is 0 Å². The number of aliphatic hydroxyl groups excluding tert-OH is 1. The normalized spacial score (nSPS) is 21.4. The lowest BCUT2D eigenvalue weighted by Gasteiger charge is -2.40. The number of aliphatic hydroxyl groups is 1. The van der Waals surface area contributed by atoms with E-state index < -0.39 is 6.10 Å². The van der Waals surface area contributed by atoms with Crippen LogP contribution in [0.1, 0.15) is 49.8 Å². The topological polar surface area (TPSA) is 60.8 Å². The van der Waals surface area contributed by atoms with E-state index in [0.717, 1.165) is 44.0 Å². The van der Waals surface area contributed by atoms with Gasteiger partial charge in [-0.2, -0.15) is 0 Å². The number of guanidine groups is 1. The number of hydrogen-bond donors (Lipinski definition) is 2. The lowest BCUT2D eigenvalue weighted by atomic mass is 9.79. The molecule has 0 aliphatic carbocycles. The molecule has 1 fully saturated rings. The number of aliphatic imine (C=N–C) groups is 1. The summed E-state index contributed by atoms with van der Waals surface area (Å²) >= 11 is 0. The third kappa shape index (κ3) is 5.10. The Bertz CT molecular complexity index is 735. The second-order valence-corrected chi connectivity index (χ2v) is 7.41. The van der Waals surface area contributed by atoms with Crippen molar-refractivity contribution in [3.63, 3.8) is 0 Å². The Morgan fingerprint density at radius 1 is 1.21 bits per heavy atom. The lowest BCUT2D eigenvalue weighted by molar-refractivity contribution is 0.184. The maximum absolute atomic E-state index is 10.4. The minimum Gasteiger partial charge on any atom is -0.386 e. The van der Waals surface area contributed by atoms with Gasteiger partial charge in [0.2, 0.25) is 0 Å². The molecule has 0 amide bonds. The molecule has 0 saturated carbocycles. The van der Waals surface area contributed by atoms with Gasteiger partial charge in [0.15, 0.2) is 5.96 Å². The summed E-state index contributed by atoms with van der Waals surface area (Å²) in [6.45, 7) is 7.51. The van der Waals surface area contributed by atoms with Crippen LogP contribution in [-0.4, -0.2) is 47.1 Å². The van der Waals surface area contributed by atoms with E-state index in [4.69, 9.17) is 4.99 Å². The molecule has 0 bridgehead atoms. The van der Waals surface area contributed by atoms with Crippen molar-refractivity contribution in [1.82, 2.24) is 15.2 Å². The second kappa shape index (κ2) is 10.2. The van der Waals surface area contributed by atoms with Gasteiger partial charge in [-0.25, -0.2) is 0 Å². The fourth-order valence-corrected chi connectivity index (χ4v) is 4.07. The molecule has 0 radical (unpaired) electrons. The predicted octanol–water partition coefficient (Wildman–Crippen LogP) is 3.60. The van der Waals surface area contributed by atoms with Crippen molar-refractivity contribution in [2.24, 2.45) is 10.9 Å². The largest absolute Gasteiger partial charge is 0.386 e. The number of nitrogens with one attached hydrogen (secondary N) is 1. The number of nitrogens with zero attached hydrogens (tertiary/aromatic N) is 3. The van der Waals surface area contributed by atoms with Gasteiger partial charge in [0.1, 0.15) is 0 Å². The van der Waals surface area contributed by atoms with Gasteiger partial charge in [-0.1, -0.05) is 43.7 Å². The summed E-state index contributed by atoms with van der Waals surface area (Å²) in [5.74, 6) is 2.11. The van der Waals surface area contributed by atoms with Gasteiger partial charge in [-0.15, -0.1) is 0 Å². The third-order valence-corrected chi connectivity index (χ3v) is 5.63. The molecule has 150 valence electrons. The molecule has 2 heterocycles. The maximum Gasteiger partial charge on any atom is 0.194 e. The van der Waals surface area contributed by atoms with Gasteiger partial charge in [0.25, 0.3) is 0 Å². The third-order valence-electron chi connectivity index (χ3n) is 5.63. The molecule has 0 spiro atoms. The number of rotatable bonds is 6. The standard InChI is InChI=1S/C23H32N4O/c1-3-18-17-27(15-12-21(18)19-8-6-5-7-9-19)23(25-4-2)26-16-22(28)20-10-13-24-14-11-20/h5-11,13-14,18,21-22,28H,3-4,12,15-17H2,1-2H3,(H,25,26). The first-order valence-corrected chi connectivity index (χ1v) is 10.4. The molecule has 1 aliphatic rings. The molecule has 3 unspecified atom stereocenters. The van der Waals surface area contributed by atoms with E-state index in [1.807, 2.05) is 12.1 Å². The average molecular weight is 381 g/mol. The van der Waals surface area contributed by atoms with Crippen LogP contribution in [0, 0.1) is 5.92 Å². The molecule has 5 heteroatoms. The molecule has 1 saturated heterocycles. The summed E-state index contributed by atoms with van der Waals surface area (Å²) in [7, 11) is 0. The van der Waals surface area contributed by atoms with E-state index in [1.54, 1.807) is 12.4 Å². The Morgan fingerprint density at radius 2 is 1.96 bits per heavy atom. The molecule has 2 N–H and O–H groups in total. The van der Waals surface area contributed by atoms with Gasteiger partial charge in [0, 0.05) is 32.0 Å². The summed E-state index contributed by atoms with van der Waals surface area (Å²) in [6.07, 6.45) is 5.07. The van der Waals surface area contributed by atoms with Crippen molar-refractivity contribution in [3.05, 3.63) is 66.0 Å². The smallest absolute Gasteiger partial charge is 0.194 e. The van der Waals surface area contributed by atoms with Crippen molar-refractivity contribution in [2.75, 3.05) is 26.2 Å². The van der Waals surface area contributed by atoms with E-state index in [9.17, 15) is 5.11 Å². The Balaban J connectivity index is 1.68. The molecule has 5 nitrogen and oxygen atoms in total. The van der Waals surface area contributed by atoms with Crippen LogP contribution < -0.4 is 5.32 Å². The molecule has 1 aromatic carbocycles. The van der Waals surface area contributed by atoms with Crippen LogP contribution in [0.15, 0.2) is 59.9 Å². The van der Waals surface area contributed by atoms with E-state index in [0.29, 0.717) is 18.4 Å². The molecule has 3 atom stereocenters. The zero-order chi connectivity index (χ0) is 19.8. The van der Waals surface area contributed by atoms with Crippen molar-refractivity contribution < 1.29 is 5.11 Å². The molecule has 1 aliphatic heterocycles.